The number of rotatable bonds is 1. The highest BCUT2D eigenvalue weighted by molar-refractivity contribution is 6.01. The van der Waals surface area contributed by atoms with Gasteiger partial charge in [0.1, 0.15) is 5.82 Å². The Hall–Kier alpha value is -1.91. The third-order valence-electron chi connectivity index (χ3n) is 6.80. The van der Waals surface area contributed by atoms with E-state index in [0.29, 0.717) is 23.1 Å². The molecule has 5 heteroatoms. The summed E-state index contributed by atoms with van der Waals surface area (Å²) in [6.45, 7) is 1.65. The van der Waals surface area contributed by atoms with Crippen LogP contribution in [-0.2, 0) is 9.59 Å². The number of fused-ring (bicyclic) bond motifs is 6. The van der Waals surface area contributed by atoms with Crippen molar-refractivity contribution in [1.82, 2.24) is 4.90 Å². The van der Waals surface area contributed by atoms with E-state index in [1.807, 2.05) is 4.90 Å². The van der Waals surface area contributed by atoms with Gasteiger partial charge < -0.3 is 10.2 Å². The molecule has 1 N–H and O–H groups in total. The molecule has 2 amide bonds. The predicted molar refractivity (Wildman–Crippen MR) is 86.8 cm³/mol. The van der Waals surface area contributed by atoms with E-state index in [4.69, 9.17) is 0 Å². The Morgan fingerprint density at radius 1 is 1.17 bits per heavy atom. The SMILES string of the molecule is O=C1CC(C(=O)N2C[C@@H]3[C@@H]4CC[C@@H](C4)[C@@H]3C2)c2cc(F)ccc2N1. The lowest BCUT2D eigenvalue weighted by molar-refractivity contribution is -0.134. The van der Waals surface area contributed by atoms with E-state index in [9.17, 15) is 14.0 Å². The number of likely N-dealkylation sites (tertiary alicyclic amines) is 1. The highest BCUT2D eigenvalue weighted by Crippen LogP contribution is 2.55. The summed E-state index contributed by atoms with van der Waals surface area (Å²) >= 11 is 0. The molecule has 4 aliphatic rings. The van der Waals surface area contributed by atoms with Crippen LogP contribution in [0.4, 0.5) is 10.1 Å². The fraction of sp³-hybridized carbons (Fsp3) is 0.579. The topological polar surface area (TPSA) is 49.4 Å². The second kappa shape index (κ2) is 5.04. The third kappa shape index (κ3) is 2.03. The van der Waals surface area contributed by atoms with E-state index in [1.165, 1.54) is 31.4 Å². The molecule has 0 radical (unpaired) electrons. The summed E-state index contributed by atoms with van der Waals surface area (Å²) < 4.78 is 13.7. The summed E-state index contributed by atoms with van der Waals surface area (Å²) in [7, 11) is 0. The minimum Gasteiger partial charge on any atom is -0.342 e. The lowest BCUT2D eigenvalue weighted by Gasteiger charge is -2.29. The van der Waals surface area contributed by atoms with Crippen LogP contribution in [0.5, 0.6) is 0 Å². The molecule has 126 valence electrons. The summed E-state index contributed by atoms with van der Waals surface area (Å²) in [4.78, 5) is 27.0. The molecular weight excluding hydrogens is 307 g/mol. The number of anilines is 1. The summed E-state index contributed by atoms with van der Waals surface area (Å²) in [5, 5.41) is 2.75. The maximum absolute atomic E-state index is 13.7. The Morgan fingerprint density at radius 2 is 1.88 bits per heavy atom. The first kappa shape index (κ1) is 14.4. The zero-order valence-electron chi connectivity index (χ0n) is 13.5. The van der Waals surface area contributed by atoms with Gasteiger partial charge in [-0.1, -0.05) is 0 Å². The molecule has 3 fully saturated rings. The number of nitrogens with zero attached hydrogens (tertiary/aromatic N) is 1. The molecule has 5 atom stereocenters. The molecule has 24 heavy (non-hydrogen) atoms. The fourth-order valence-corrected chi connectivity index (χ4v) is 5.74. The molecular formula is C19H21FN2O2. The Morgan fingerprint density at radius 3 is 2.58 bits per heavy atom. The first-order valence-electron chi connectivity index (χ1n) is 8.98. The highest BCUT2D eigenvalue weighted by atomic mass is 19.1. The van der Waals surface area contributed by atoms with Gasteiger partial charge in [-0.15, -0.1) is 0 Å². The molecule has 2 bridgehead atoms. The van der Waals surface area contributed by atoms with Crippen LogP contribution in [0.15, 0.2) is 18.2 Å². The Bertz CT molecular complexity index is 716. The van der Waals surface area contributed by atoms with Gasteiger partial charge in [0.05, 0.1) is 5.92 Å². The number of carbonyl (C=O) groups excluding carboxylic acids is 2. The minimum atomic E-state index is -0.541. The smallest absolute Gasteiger partial charge is 0.230 e. The second-order valence-corrected chi connectivity index (χ2v) is 7.94. The van der Waals surface area contributed by atoms with Crippen LogP contribution >= 0.6 is 0 Å². The van der Waals surface area contributed by atoms with Crippen LogP contribution in [0.25, 0.3) is 0 Å². The number of nitrogens with one attached hydrogen (secondary N) is 1. The van der Waals surface area contributed by atoms with Crippen molar-refractivity contribution in [3.05, 3.63) is 29.6 Å². The summed E-state index contributed by atoms with van der Waals surface area (Å²) in [5.41, 5.74) is 1.20. The minimum absolute atomic E-state index is 0.00509. The standard InChI is InChI=1S/C19H21FN2O2/c20-12-3-4-17-13(6-12)14(7-18(23)21-17)19(24)22-8-15-10-1-2-11(5-10)16(15)9-22/h3-4,6,10-11,14-16H,1-2,5,7-9H2,(H,21,23)/t10-,11+,14?,15-,16+. The maximum Gasteiger partial charge on any atom is 0.230 e. The lowest BCUT2D eigenvalue weighted by atomic mass is 9.82. The molecule has 4 nitrogen and oxygen atoms in total. The van der Waals surface area contributed by atoms with Crippen molar-refractivity contribution in [3.8, 4) is 0 Å². The normalized spacial score (nSPS) is 36.5. The first-order chi connectivity index (χ1) is 11.6. The molecule has 0 spiro atoms. The van der Waals surface area contributed by atoms with Gasteiger partial charge in [0, 0.05) is 25.2 Å². The van der Waals surface area contributed by atoms with Gasteiger partial charge in [-0.3, -0.25) is 9.59 Å². The number of carbonyl (C=O) groups is 2. The molecule has 2 heterocycles. The average molecular weight is 328 g/mol. The number of hydrogen-bond acceptors (Lipinski definition) is 2. The average Bonchev–Trinajstić information content (AvgIpc) is 3.26. The van der Waals surface area contributed by atoms with Crippen molar-refractivity contribution < 1.29 is 14.0 Å². The number of halogens is 1. The number of amides is 2. The van der Waals surface area contributed by atoms with Gasteiger partial charge in [-0.05, 0) is 66.7 Å². The van der Waals surface area contributed by atoms with Gasteiger partial charge in [0.25, 0.3) is 0 Å². The van der Waals surface area contributed by atoms with Crippen LogP contribution in [0.3, 0.4) is 0 Å². The van der Waals surface area contributed by atoms with Crippen molar-refractivity contribution in [1.29, 1.82) is 0 Å². The van der Waals surface area contributed by atoms with Crippen LogP contribution in [0.1, 0.15) is 37.2 Å². The summed E-state index contributed by atoms with van der Waals surface area (Å²) in [6.07, 6.45) is 4.09. The molecule has 1 saturated heterocycles. The Kier molecular flexibility index (Phi) is 3.03. The summed E-state index contributed by atoms with van der Waals surface area (Å²) in [6, 6.07) is 4.28. The van der Waals surface area contributed by atoms with Gasteiger partial charge in [-0.2, -0.15) is 0 Å². The van der Waals surface area contributed by atoms with Crippen molar-refractivity contribution in [2.45, 2.75) is 31.6 Å². The molecule has 1 aromatic rings. The molecule has 2 aliphatic carbocycles. The summed E-state index contributed by atoms with van der Waals surface area (Å²) in [5.74, 6) is 1.82. The van der Waals surface area contributed by atoms with E-state index < -0.39 is 5.92 Å². The monoisotopic (exact) mass is 328 g/mol. The van der Waals surface area contributed by atoms with Crippen LogP contribution in [-0.4, -0.2) is 29.8 Å². The lowest BCUT2D eigenvalue weighted by Crippen LogP contribution is -2.38. The Balaban J connectivity index is 1.42. The molecule has 2 aliphatic heterocycles. The molecule has 2 saturated carbocycles. The molecule has 0 aromatic heterocycles. The van der Waals surface area contributed by atoms with E-state index in [2.05, 4.69) is 5.32 Å². The van der Waals surface area contributed by atoms with Crippen molar-refractivity contribution in [2.24, 2.45) is 23.7 Å². The van der Waals surface area contributed by atoms with Crippen LogP contribution in [0.2, 0.25) is 0 Å². The largest absolute Gasteiger partial charge is 0.342 e. The van der Waals surface area contributed by atoms with Gasteiger partial charge in [0.2, 0.25) is 11.8 Å². The van der Waals surface area contributed by atoms with Gasteiger partial charge in [-0.25, -0.2) is 4.39 Å². The predicted octanol–water partition coefficient (Wildman–Crippen LogP) is 2.76. The van der Waals surface area contributed by atoms with Gasteiger partial charge >= 0.3 is 0 Å². The Labute approximate surface area is 140 Å². The highest BCUT2D eigenvalue weighted by Gasteiger charge is 2.53. The zero-order valence-corrected chi connectivity index (χ0v) is 13.5. The molecule has 1 unspecified atom stereocenters. The van der Waals surface area contributed by atoms with E-state index in [0.717, 1.165) is 24.9 Å². The first-order valence-corrected chi connectivity index (χ1v) is 8.98. The number of hydrogen-bond donors (Lipinski definition) is 1. The quantitative estimate of drug-likeness (QED) is 0.862. The molecule has 5 rings (SSSR count). The maximum atomic E-state index is 13.7. The fourth-order valence-electron chi connectivity index (χ4n) is 5.74. The van der Waals surface area contributed by atoms with Crippen molar-refractivity contribution >= 4 is 17.5 Å². The van der Waals surface area contributed by atoms with E-state index >= 15 is 0 Å². The third-order valence-corrected chi connectivity index (χ3v) is 6.80. The number of benzene rings is 1. The molecule has 1 aromatic carbocycles. The van der Waals surface area contributed by atoms with Crippen LogP contribution in [0, 0.1) is 29.5 Å². The van der Waals surface area contributed by atoms with Gasteiger partial charge in [0.15, 0.2) is 0 Å². The van der Waals surface area contributed by atoms with Crippen molar-refractivity contribution in [2.75, 3.05) is 18.4 Å². The van der Waals surface area contributed by atoms with Crippen molar-refractivity contribution in [3.63, 3.8) is 0 Å². The zero-order chi connectivity index (χ0) is 16.4. The second-order valence-electron chi connectivity index (χ2n) is 7.94. The van der Waals surface area contributed by atoms with Crippen LogP contribution < -0.4 is 5.32 Å². The van der Waals surface area contributed by atoms with E-state index in [1.54, 1.807) is 6.07 Å². The van der Waals surface area contributed by atoms with E-state index in [-0.39, 0.29) is 24.1 Å².